The Hall–Kier alpha value is -1.38. The maximum Gasteiger partial charge on any atom is 0.142 e. The minimum Gasteiger partial charge on any atom is -0.464 e. The third-order valence-corrected chi connectivity index (χ3v) is 1.87. The van der Waals surface area contributed by atoms with Crippen LogP contribution in [0.4, 0.5) is 8.78 Å². The Balaban J connectivity index is 2.97. The molecule has 0 amide bonds. The predicted octanol–water partition coefficient (Wildman–Crippen LogP) is 3.02. The highest BCUT2D eigenvalue weighted by Crippen LogP contribution is 2.24. The first kappa shape index (κ1) is 7.28. The lowest BCUT2D eigenvalue weighted by molar-refractivity contribution is 0.569. The number of hydrogen-bond acceptors (Lipinski definition) is 1. The predicted molar refractivity (Wildman–Crippen MR) is 40.9 cm³/mol. The van der Waals surface area contributed by atoms with Crippen molar-refractivity contribution in [1.29, 1.82) is 0 Å². The lowest BCUT2D eigenvalue weighted by Crippen LogP contribution is -1.85. The second-order valence-corrected chi connectivity index (χ2v) is 2.63. The Labute approximate surface area is 67.6 Å². The standard InChI is InChI=1S/C9H6F2O/c1-5-7(10)4-8(11)6-2-3-12-9(5)6/h2-4H,1H3. The van der Waals surface area contributed by atoms with E-state index in [-0.39, 0.29) is 5.58 Å². The molecule has 1 aromatic carbocycles. The van der Waals surface area contributed by atoms with Gasteiger partial charge in [0.05, 0.1) is 11.6 Å². The molecule has 0 N–H and O–H groups in total. The molecule has 2 aromatic rings. The fourth-order valence-electron chi connectivity index (χ4n) is 1.19. The van der Waals surface area contributed by atoms with E-state index < -0.39 is 11.6 Å². The third kappa shape index (κ3) is 0.826. The van der Waals surface area contributed by atoms with Crippen LogP contribution < -0.4 is 0 Å². The van der Waals surface area contributed by atoms with Crippen LogP contribution in [-0.4, -0.2) is 0 Å². The summed E-state index contributed by atoms with van der Waals surface area (Å²) in [7, 11) is 0. The molecule has 62 valence electrons. The van der Waals surface area contributed by atoms with E-state index >= 15 is 0 Å². The fourth-order valence-corrected chi connectivity index (χ4v) is 1.19. The van der Waals surface area contributed by atoms with Crippen LogP contribution in [0, 0.1) is 18.6 Å². The molecule has 1 heterocycles. The first-order valence-corrected chi connectivity index (χ1v) is 3.52. The average Bonchev–Trinajstić information content (AvgIpc) is 2.48. The number of furan rings is 1. The number of aryl methyl sites for hydroxylation is 1. The molecule has 0 aliphatic rings. The fraction of sp³-hybridized carbons (Fsp3) is 0.111. The van der Waals surface area contributed by atoms with Crippen LogP contribution in [0.1, 0.15) is 5.56 Å². The summed E-state index contributed by atoms with van der Waals surface area (Å²) in [6.45, 7) is 1.56. The molecule has 2 rings (SSSR count). The molecule has 0 saturated heterocycles. The minimum atomic E-state index is -0.582. The van der Waals surface area contributed by atoms with Crippen molar-refractivity contribution in [3.05, 3.63) is 35.6 Å². The molecule has 0 aliphatic carbocycles. The van der Waals surface area contributed by atoms with Crippen molar-refractivity contribution in [3.63, 3.8) is 0 Å². The van der Waals surface area contributed by atoms with Gasteiger partial charge in [0.15, 0.2) is 0 Å². The molecule has 0 fully saturated rings. The van der Waals surface area contributed by atoms with E-state index in [2.05, 4.69) is 0 Å². The average molecular weight is 168 g/mol. The highest BCUT2D eigenvalue weighted by Gasteiger charge is 2.10. The first-order valence-electron chi connectivity index (χ1n) is 3.52. The summed E-state index contributed by atoms with van der Waals surface area (Å²) in [5.41, 5.74) is 0.629. The Morgan fingerprint density at radius 3 is 2.75 bits per heavy atom. The number of rotatable bonds is 0. The van der Waals surface area contributed by atoms with Crippen molar-refractivity contribution in [2.45, 2.75) is 6.92 Å². The highest BCUT2D eigenvalue weighted by molar-refractivity contribution is 5.80. The molecular weight excluding hydrogens is 162 g/mol. The zero-order valence-electron chi connectivity index (χ0n) is 6.40. The Kier molecular flexibility index (Phi) is 1.40. The maximum absolute atomic E-state index is 13.0. The van der Waals surface area contributed by atoms with E-state index in [1.807, 2.05) is 0 Å². The summed E-state index contributed by atoms with van der Waals surface area (Å²) in [5, 5.41) is 0.328. The van der Waals surface area contributed by atoms with E-state index in [0.717, 1.165) is 6.07 Å². The molecule has 0 unspecified atom stereocenters. The summed E-state index contributed by atoms with van der Waals surface area (Å²) in [5.74, 6) is -1.16. The summed E-state index contributed by atoms with van der Waals surface area (Å²) in [6.07, 6.45) is 1.35. The molecule has 0 aliphatic heterocycles. The quantitative estimate of drug-likeness (QED) is 0.589. The van der Waals surface area contributed by atoms with Gasteiger partial charge in [-0.25, -0.2) is 8.78 Å². The van der Waals surface area contributed by atoms with Crippen LogP contribution in [0.25, 0.3) is 11.0 Å². The van der Waals surface area contributed by atoms with E-state index in [9.17, 15) is 8.78 Å². The van der Waals surface area contributed by atoms with Crippen LogP contribution in [-0.2, 0) is 0 Å². The smallest absolute Gasteiger partial charge is 0.142 e. The van der Waals surface area contributed by atoms with Crippen LogP contribution in [0.2, 0.25) is 0 Å². The van der Waals surface area contributed by atoms with Crippen molar-refractivity contribution in [2.24, 2.45) is 0 Å². The lowest BCUT2D eigenvalue weighted by Gasteiger charge is -1.97. The number of benzene rings is 1. The van der Waals surface area contributed by atoms with Gasteiger partial charge in [-0.2, -0.15) is 0 Å². The van der Waals surface area contributed by atoms with Gasteiger partial charge in [0.25, 0.3) is 0 Å². The first-order chi connectivity index (χ1) is 5.70. The van der Waals surface area contributed by atoms with Gasteiger partial charge >= 0.3 is 0 Å². The molecule has 0 bridgehead atoms. The molecule has 0 spiro atoms. The summed E-state index contributed by atoms with van der Waals surface area (Å²) >= 11 is 0. The Morgan fingerprint density at radius 2 is 2.00 bits per heavy atom. The third-order valence-electron chi connectivity index (χ3n) is 1.87. The SMILES string of the molecule is Cc1c(F)cc(F)c2ccoc12. The van der Waals surface area contributed by atoms with Crippen LogP contribution in [0.5, 0.6) is 0 Å². The van der Waals surface area contributed by atoms with Crippen molar-refractivity contribution in [3.8, 4) is 0 Å². The Morgan fingerprint density at radius 1 is 1.25 bits per heavy atom. The van der Waals surface area contributed by atoms with E-state index in [1.165, 1.54) is 12.3 Å². The molecule has 3 heteroatoms. The summed E-state index contributed by atoms with van der Waals surface area (Å²) < 4.78 is 30.8. The monoisotopic (exact) mass is 168 g/mol. The molecule has 0 atom stereocenters. The summed E-state index contributed by atoms with van der Waals surface area (Å²) in [6, 6.07) is 2.35. The van der Waals surface area contributed by atoms with Crippen LogP contribution in [0.3, 0.4) is 0 Å². The second kappa shape index (κ2) is 2.30. The van der Waals surface area contributed by atoms with Gasteiger partial charge in [-0.1, -0.05) is 0 Å². The number of hydrogen-bond donors (Lipinski definition) is 0. The van der Waals surface area contributed by atoms with E-state index in [4.69, 9.17) is 4.42 Å². The van der Waals surface area contributed by atoms with Gasteiger partial charge in [-0.3, -0.25) is 0 Å². The van der Waals surface area contributed by atoms with Gasteiger partial charge in [-0.15, -0.1) is 0 Å². The lowest BCUT2D eigenvalue weighted by atomic mass is 10.1. The van der Waals surface area contributed by atoms with Crippen LogP contribution >= 0.6 is 0 Å². The van der Waals surface area contributed by atoms with Gasteiger partial charge in [0.2, 0.25) is 0 Å². The number of fused-ring (bicyclic) bond motifs is 1. The summed E-state index contributed by atoms with van der Waals surface area (Å²) in [4.78, 5) is 0. The van der Waals surface area contributed by atoms with Gasteiger partial charge in [0, 0.05) is 11.6 Å². The molecule has 12 heavy (non-hydrogen) atoms. The zero-order valence-corrected chi connectivity index (χ0v) is 6.40. The topological polar surface area (TPSA) is 13.1 Å². The molecule has 0 saturated carbocycles. The van der Waals surface area contributed by atoms with Crippen molar-refractivity contribution < 1.29 is 13.2 Å². The van der Waals surface area contributed by atoms with Gasteiger partial charge < -0.3 is 4.42 Å². The highest BCUT2D eigenvalue weighted by atomic mass is 19.1. The second-order valence-electron chi connectivity index (χ2n) is 2.63. The largest absolute Gasteiger partial charge is 0.464 e. The zero-order chi connectivity index (χ0) is 8.72. The van der Waals surface area contributed by atoms with Gasteiger partial charge in [-0.05, 0) is 13.0 Å². The normalized spacial score (nSPS) is 10.9. The minimum absolute atomic E-state index is 0.285. The number of halogens is 2. The molecule has 1 nitrogen and oxygen atoms in total. The maximum atomic E-state index is 13.0. The molecular formula is C9H6F2O. The van der Waals surface area contributed by atoms with Crippen molar-refractivity contribution in [1.82, 2.24) is 0 Å². The van der Waals surface area contributed by atoms with Gasteiger partial charge in [0.1, 0.15) is 17.2 Å². The van der Waals surface area contributed by atoms with Crippen molar-refractivity contribution in [2.75, 3.05) is 0 Å². The molecule has 1 aromatic heterocycles. The van der Waals surface area contributed by atoms with Crippen LogP contribution in [0.15, 0.2) is 22.8 Å². The van der Waals surface area contributed by atoms with E-state index in [0.29, 0.717) is 10.9 Å². The molecule has 0 radical (unpaired) electrons. The van der Waals surface area contributed by atoms with Crippen molar-refractivity contribution >= 4 is 11.0 Å². The van der Waals surface area contributed by atoms with E-state index in [1.54, 1.807) is 6.92 Å². The Bertz CT molecular complexity index is 431.